The number of unbranched alkanes of at least 4 members (excludes halogenated alkanes) is 9. The van der Waals surface area contributed by atoms with E-state index < -0.39 is 6.10 Å². The molecule has 2 aliphatic rings. The quantitative estimate of drug-likeness (QED) is 0.288. The maximum Gasteiger partial charge on any atom is 0.0842 e. The van der Waals surface area contributed by atoms with Crippen molar-refractivity contribution in [3.8, 4) is 0 Å². The minimum atomic E-state index is -0.418. The van der Waals surface area contributed by atoms with E-state index in [0.717, 1.165) is 64.2 Å². The van der Waals surface area contributed by atoms with Crippen LogP contribution >= 0.6 is 0 Å². The van der Waals surface area contributed by atoms with E-state index in [-0.39, 0.29) is 37.1 Å². The van der Waals surface area contributed by atoms with Crippen molar-refractivity contribution in [1.82, 2.24) is 0 Å². The topological polar surface area (TPSA) is 79.2 Å². The minimum absolute atomic E-state index is 0.0504. The number of aliphatic hydroxyl groups excluding tert-OH is 3. The molecule has 0 aromatic rings. The van der Waals surface area contributed by atoms with E-state index in [2.05, 4.69) is 6.92 Å². The Hall–Kier alpha value is -0.200. The zero-order valence-corrected chi connectivity index (χ0v) is 19.4. The molecule has 0 radical (unpaired) electrons. The molecular weight excluding hydrogens is 380 g/mol. The molecule has 2 aliphatic heterocycles. The lowest BCUT2D eigenvalue weighted by molar-refractivity contribution is -0.110. The molecular formula is C25H48O5. The fourth-order valence-electron chi connectivity index (χ4n) is 4.99. The van der Waals surface area contributed by atoms with E-state index >= 15 is 0 Å². The van der Waals surface area contributed by atoms with Crippen LogP contribution in [0.3, 0.4) is 0 Å². The fourth-order valence-corrected chi connectivity index (χ4v) is 4.99. The van der Waals surface area contributed by atoms with Crippen LogP contribution < -0.4 is 0 Å². The van der Waals surface area contributed by atoms with Crippen molar-refractivity contribution in [2.75, 3.05) is 6.61 Å². The Morgan fingerprint density at radius 1 is 0.633 bits per heavy atom. The molecule has 6 atom stereocenters. The van der Waals surface area contributed by atoms with Gasteiger partial charge in [-0.2, -0.15) is 0 Å². The van der Waals surface area contributed by atoms with Crippen LogP contribution in [0.25, 0.3) is 0 Å². The van der Waals surface area contributed by atoms with Gasteiger partial charge in [-0.25, -0.2) is 0 Å². The lowest BCUT2D eigenvalue weighted by Gasteiger charge is -2.24. The highest BCUT2D eigenvalue weighted by Crippen LogP contribution is 2.34. The third kappa shape index (κ3) is 9.52. The molecule has 30 heavy (non-hydrogen) atoms. The van der Waals surface area contributed by atoms with Crippen LogP contribution in [-0.4, -0.2) is 58.6 Å². The third-order valence-corrected chi connectivity index (χ3v) is 6.96. The Kier molecular flexibility index (Phi) is 13.5. The smallest absolute Gasteiger partial charge is 0.0842 e. The predicted molar refractivity (Wildman–Crippen MR) is 121 cm³/mol. The molecule has 0 saturated carbocycles. The Balaban J connectivity index is 1.55. The molecule has 2 rings (SSSR count). The summed E-state index contributed by atoms with van der Waals surface area (Å²) in [6.45, 7) is 2.48. The summed E-state index contributed by atoms with van der Waals surface area (Å²) in [6.07, 6.45) is 17.4. The highest BCUT2D eigenvalue weighted by molar-refractivity contribution is 4.89. The van der Waals surface area contributed by atoms with Crippen molar-refractivity contribution in [1.29, 1.82) is 0 Å². The molecule has 0 bridgehead atoms. The molecule has 178 valence electrons. The summed E-state index contributed by atoms with van der Waals surface area (Å²) in [5, 5.41) is 29.8. The fraction of sp³-hybridized carbons (Fsp3) is 1.00. The zero-order valence-electron chi connectivity index (χ0n) is 19.4. The number of aliphatic hydroxyl groups is 3. The molecule has 3 N–H and O–H groups in total. The van der Waals surface area contributed by atoms with Crippen LogP contribution in [0.5, 0.6) is 0 Å². The average Bonchev–Trinajstić information content (AvgIpc) is 3.42. The molecule has 0 aromatic heterocycles. The summed E-state index contributed by atoms with van der Waals surface area (Å²) in [5.41, 5.74) is 0. The molecule has 2 heterocycles. The van der Waals surface area contributed by atoms with Crippen molar-refractivity contribution >= 4 is 0 Å². The van der Waals surface area contributed by atoms with Gasteiger partial charge in [0.15, 0.2) is 0 Å². The molecule has 2 fully saturated rings. The second-order valence-corrected chi connectivity index (χ2v) is 9.55. The molecule has 0 aliphatic carbocycles. The van der Waals surface area contributed by atoms with Gasteiger partial charge in [0.05, 0.1) is 36.6 Å². The van der Waals surface area contributed by atoms with Crippen LogP contribution in [0.4, 0.5) is 0 Å². The monoisotopic (exact) mass is 428 g/mol. The van der Waals surface area contributed by atoms with Gasteiger partial charge in [0, 0.05) is 6.61 Å². The van der Waals surface area contributed by atoms with E-state index in [0.29, 0.717) is 0 Å². The molecule has 0 spiro atoms. The largest absolute Gasteiger partial charge is 0.396 e. The molecule has 2 saturated heterocycles. The Morgan fingerprint density at radius 2 is 1.07 bits per heavy atom. The van der Waals surface area contributed by atoms with Gasteiger partial charge in [-0.3, -0.25) is 0 Å². The Labute approximate surface area is 184 Å². The second-order valence-electron chi connectivity index (χ2n) is 9.55. The van der Waals surface area contributed by atoms with E-state index in [1.807, 2.05) is 0 Å². The van der Waals surface area contributed by atoms with Gasteiger partial charge >= 0.3 is 0 Å². The molecule has 5 heteroatoms. The van der Waals surface area contributed by atoms with E-state index in [1.54, 1.807) is 0 Å². The van der Waals surface area contributed by atoms with Crippen LogP contribution in [0, 0.1) is 0 Å². The number of rotatable bonds is 17. The van der Waals surface area contributed by atoms with Crippen LogP contribution in [0.15, 0.2) is 0 Å². The Bertz CT molecular complexity index is 418. The number of hydrogen-bond donors (Lipinski definition) is 3. The summed E-state index contributed by atoms with van der Waals surface area (Å²) in [4.78, 5) is 0. The van der Waals surface area contributed by atoms with Gasteiger partial charge in [0.2, 0.25) is 0 Å². The van der Waals surface area contributed by atoms with Crippen LogP contribution in [0.1, 0.15) is 116 Å². The molecule has 0 amide bonds. The van der Waals surface area contributed by atoms with Crippen molar-refractivity contribution in [3.63, 3.8) is 0 Å². The van der Waals surface area contributed by atoms with Gasteiger partial charge < -0.3 is 24.8 Å². The van der Waals surface area contributed by atoms with Crippen LogP contribution in [0.2, 0.25) is 0 Å². The standard InChI is InChI=1S/C25H48O5/c1-2-3-4-5-6-7-8-10-13-20(27)22-15-17-24(29-22)25-18-16-23(30-25)21(28)14-11-9-12-19-26/h20-28H,2-19H2,1H3/t20-,21-,22-,23-,24+,25-/m1/s1. The number of hydrogen-bond acceptors (Lipinski definition) is 5. The van der Waals surface area contributed by atoms with Crippen molar-refractivity contribution in [2.24, 2.45) is 0 Å². The predicted octanol–water partition coefficient (Wildman–Crippen LogP) is 4.89. The summed E-state index contributed by atoms with van der Waals surface area (Å²) in [7, 11) is 0. The zero-order chi connectivity index (χ0) is 21.6. The second kappa shape index (κ2) is 15.6. The van der Waals surface area contributed by atoms with Gasteiger partial charge in [-0.1, -0.05) is 71.1 Å². The first-order valence-electron chi connectivity index (χ1n) is 12.9. The van der Waals surface area contributed by atoms with E-state index in [9.17, 15) is 10.2 Å². The SMILES string of the molecule is CCCCCCCCCC[C@@H](O)[C@H]1CC[C@@H]([C@H]2CC[C@H]([C@H](O)CCCCCO)O2)O1. The molecule has 5 nitrogen and oxygen atoms in total. The lowest BCUT2D eigenvalue weighted by Crippen LogP contribution is -2.33. The Morgan fingerprint density at radius 3 is 1.53 bits per heavy atom. The summed E-state index contributed by atoms with van der Waals surface area (Å²) < 4.78 is 12.3. The van der Waals surface area contributed by atoms with Crippen molar-refractivity contribution < 1.29 is 24.8 Å². The minimum Gasteiger partial charge on any atom is -0.396 e. The van der Waals surface area contributed by atoms with Gasteiger partial charge in [0.25, 0.3) is 0 Å². The molecule has 0 aromatic carbocycles. The maximum absolute atomic E-state index is 10.5. The third-order valence-electron chi connectivity index (χ3n) is 6.96. The van der Waals surface area contributed by atoms with E-state index in [1.165, 1.54) is 44.9 Å². The highest BCUT2D eigenvalue weighted by Gasteiger charge is 2.40. The van der Waals surface area contributed by atoms with Crippen molar-refractivity contribution in [2.45, 2.75) is 153 Å². The normalized spacial score (nSPS) is 28.8. The first-order valence-corrected chi connectivity index (χ1v) is 12.9. The first-order chi connectivity index (χ1) is 14.7. The highest BCUT2D eigenvalue weighted by atomic mass is 16.6. The van der Waals surface area contributed by atoms with E-state index in [4.69, 9.17) is 14.6 Å². The molecule has 0 unspecified atom stereocenters. The summed E-state index contributed by atoms with van der Waals surface area (Å²) in [5.74, 6) is 0. The van der Waals surface area contributed by atoms with Crippen LogP contribution in [-0.2, 0) is 9.47 Å². The lowest BCUT2D eigenvalue weighted by atomic mass is 10.0. The summed E-state index contributed by atoms with van der Waals surface area (Å²) in [6, 6.07) is 0. The van der Waals surface area contributed by atoms with Crippen molar-refractivity contribution in [3.05, 3.63) is 0 Å². The van der Waals surface area contributed by atoms with Gasteiger partial charge in [-0.05, 0) is 44.9 Å². The van der Waals surface area contributed by atoms with Gasteiger partial charge in [-0.15, -0.1) is 0 Å². The first kappa shape index (κ1) is 26.1. The summed E-state index contributed by atoms with van der Waals surface area (Å²) >= 11 is 0. The maximum atomic E-state index is 10.5. The van der Waals surface area contributed by atoms with Gasteiger partial charge in [0.1, 0.15) is 0 Å². The average molecular weight is 429 g/mol. The number of ether oxygens (including phenoxy) is 2.